The van der Waals surface area contributed by atoms with Crippen LogP contribution in [-0.2, 0) is 17.8 Å². The number of aromatic nitrogens is 1. The molecule has 1 aliphatic heterocycles. The average molecular weight is 441 g/mol. The van der Waals surface area contributed by atoms with Crippen molar-refractivity contribution in [2.45, 2.75) is 13.0 Å². The summed E-state index contributed by atoms with van der Waals surface area (Å²) in [6, 6.07) is 27.2. The van der Waals surface area contributed by atoms with Gasteiger partial charge in [0.05, 0.1) is 6.54 Å². The zero-order valence-electron chi connectivity index (χ0n) is 17.4. The van der Waals surface area contributed by atoms with Crippen molar-refractivity contribution in [2.24, 2.45) is 0 Å². The van der Waals surface area contributed by atoms with E-state index in [1.54, 1.807) is 0 Å². The van der Waals surface area contributed by atoms with Gasteiger partial charge in [0.15, 0.2) is 5.76 Å². The van der Waals surface area contributed by atoms with Gasteiger partial charge in [-0.05, 0) is 47.9 Å². The third kappa shape index (κ3) is 4.10. The molecule has 4 nitrogen and oxygen atoms in total. The van der Waals surface area contributed by atoms with E-state index in [9.17, 15) is 4.79 Å². The van der Waals surface area contributed by atoms with Crippen LogP contribution >= 0.6 is 11.6 Å². The number of halogens is 1. The lowest BCUT2D eigenvalue weighted by Crippen LogP contribution is -2.36. The fourth-order valence-electron chi connectivity index (χ4n) is 4.00. The minimum Gasteiger partial charge on any atom is -0.356 e. The van der Waals surface area contributed by atoms with Crippen molar-refractivity contribution in [3.63, 3.8) is 0 Å². The third-order valence-corrected chi connectivity index (χ3v) is 5.91. The summed E-state index contributed by atoms with van der Waals surface area (Å²) in [6.45, 7) is 1.02. The molecule has 1 aliphatic rings. The van der Waals surface area contributed by atoms with Gasteiger partial charge in [-0.25, -0.2) is 0 Å². The molecule has 0 fully saturated rings. The summed E-state index contributed by atoms with van der Waals surface area (Å²) in [5.74, 6) is 0.744. The number of rotatable bonds is 4. The second kappa shape index (κ2) is 8.85. The maximum absolute atomic E-state index is 13.6. The van der Waals surface area contributed by atoms with Crippen LogP contribution in [-0.4, -0.2) is 22.5 Å². The van der Waals surface area contributed by atoms with Gasteiger partial charge in [0.25, 0.3) is 5.91 Å². The summed E-state index contributed by atoms with van der Waals surface area (Å²) in [6.07, 6.45) is 2.64. The van der Waals surface area contributed by atoms with Crippen LogP contribution in [0, 0.1) is 0 Å². The van der Waals surface area contributed by atoms with Crippen LogP contribution in [0.5, 0.6) is 0 Å². The molecule has 0 radical (unpaired) electrons. The van der Waals surface area contributed by atoms with E-state index in [-0.39, 0.29) is 5.91 Å². The molecule has 0 bridgehead atoms. The van der Waals surface area contributed by atoms with E-state index in [0.717, 1.165) is 33.7 Å². The monoisotopic (exact) mass is 440 g/mol. The highest BCUT2D eigenvalue weighted by molar-refractivity contribution is 6.30. The normalized spacial score (nSPS) is 13.7. The Morgan fingerprint density at radius 1 is 0.938 bits per heavy atom. The molecule has 3 aromatic carbocycles. The van der Waals surface area contributed by atoms with Gasteiger partial charge in [0.1, 0.15) is 5.69 Å². The van der Waals surface area contributed by atoms with Gasteiger partial charge in [-0.2, -0.15) is 0 Å². The third-order valence-electron chi connectivity index (χ3n) is 5.66. The first-order valence-corrected chi connectivity index (χ1v) is 10.9. The molecule has 1 aromatic heterocycles. The minimum absolute atomic E-state index is 0.0123. The molecule has 1 amide bonds. The second-order valence-corrected chi connectivity index (χ2v) is 8.19. The second-order valence-electron chi connectivity index (χ2n) is 7.76. The Hall–Kier alpha value is -3.63. The topological polar surface area (TPSA) is 46.3 Å². The van der Waals surface area contributed by atoms with Crippen molar-refractivity contribution in [3.05, 3.63) is 112 Å². The van der Waals surface area contributed by atoms with Crippen LogP contribution in [0.1, 0.15) is 22.4 Å². The Bertz CT molecular complexity index is 1260. The number of fused-ring (bicyclic) bond motifs is 1. The number of hydrogen-bond donors (Lipinski definition) is 0. The summed E-state index contributed by atoms with van der Waals surface area (Å²) in [4.78, 5) is 15.5. The molecule has 32 heavy (non-hydrogen) atoms. The first-order valence-electron chi connectivity index (χ1n) is 10.5. The SMILES string of the molecule is O=C(/C(=C\c1ccccc1)c1ccccc1)N1CCc2c(noc2-c2ccc(Cl)cc2)C1. The van der Waals surface area contributed by atoms with Crippen molar-refractivity contribution in [2.75, 3.05) is 6.54 Å². The number of nitrogens with zero attached hydrogens (tertiary/aromatic N) is 2. The highest BCUT2D eigenvalue weighted by atomic mass is 35.5. The van der Waals surface area contributed by atoms with Gasteiger partial charge in [0.2, 0.25) is 0 Å². The smallest absolute Gasteiger partial charge is 0.254 e. The van der Waals surface area contributed by atoms with E-state index in [2.05, 4.69) is 5.16 Å². The molecule has 0 saturated carbocycles. The Balaban J connectivity index is 1.44. The molecule has 0 atom stereocenters. The zero-order valence-corrected chi connectivity index (χ0v) is 18.1. The van der Waals surface area contributed by atoms with Gasteiger partial charge in [-0.1, -0.05) is 77.4 Å². The van der Waals surface area contributed by atoms with Crippen molar-refractivity contribution in [3.8, 4) is 11.3 Å². The van der Waals surface area contributed by atoms with Crippen molar-refractivity contribution in [1.29, 1.82) is 0 Å². The quantitative estimate of drug-likeness (QED) is 0.283. The van der Waals surface area contributed by atoms with Crippen LogP contribution < -0.4 is 0 Å². The van der Waals surface area contributed by atoms with Gasteiger partial charge in [0, 0.05) is 28.3 Å². The molecular weight excluding hydrogens is 420 g/mol. The Morgan fingerprint density at radius 2 is 1.62 bits per heavy atom. The highest BCUT2D eigenvalue weighted by Crippen LogP contribution is 2.32. The minimum atomic E-state index is -0.0123. The van der Waals surface area contributed by atoms with E-state index in [4.69, 9.17) is 16.1 Å². The van der Waals surface area contributed by atoms with Crippen LogP contribution in [0.3, 0.4) is 0 Å². The predicted molar refractivity (Wildman–Crippen MR) is 127 cm³/mol. The van der Waals surface area contributed by atoms with E-state index >= 15 is 0 Å². The summed E-state index contributed by atoms with van der Waals surface area (Å²) < 4.78 is 5.67. The Morgan fingerprint density at radius 3 is 2.34 bits per heavy atom. The summed E-state index contributed by atoms with van der Waals surface area (Å²) in [5.41, 5.74) is 5.36. The van der Waals surface area contributed by atoms with Crippen molar-refractivity contribution in [1.82, 2.24) is 10.1 Å². The van der Waals surface area contributed by atoms with Crippen molar-refractivity contribution < 1.29 is 9.32 Å². The van der Waals surface area contributed by atoms with Gasteiger partial charge in [-0.15, -0.1) is 0 Å². The summed E-state index contributed by atoms with van der Waals surface area (Å²) in [7, 11) is 0. The Labute approximate surface area is 191 Å². The van der Waals surface area contributed by atoms with Crippen LogP contribution in [0.15, 0.2) is 89.5 Å². The number of carbonyl (C=O) groups excluding carboxylic acids is 1. The lowest BCUT2D eigenvalue weighted by molar-refractivity contribution is -0.125. The fraction of sp³-hybridized carbons (Fsp3) is 0.111. The molecule has 158 valence electrons. The van der Waals surface area contributed by atoms with E-state index in [0.29, 0.717) is 30.1 Å². The van der Waals surface area contributed by atoms with E-state index in [1.807, 2.05) is 95.9 Å². The average Bonchev–Trinajstić information content (AvgIpc) is 3.27. The molecule has 0 aliphatic carbocycles. The van der Waals surface area contributed by atoms with E-state index < -0.39 is 0 Å². The maximum Gasteiger partial charge on any atom is 0.254 e. The van der Waals surface area contributed by atoms with Gasteiger partial charge in [-0.3, -0.25) is 4.79 Å². The summed E-state index contributed by atoms with van der Waals surface area (Å²) in [5, 5.41) is 4.96. The van der Waals surface area contributed by atoms with Crippen LogP contribution in [0.2, 0.25) is 5.02 Å². The molecule has 2 heterocycles. The Kier molecular flexibility index (Phi) is 5.61. The predicted octanol–water partition coefficient (Wildman–Crippen LogP) is 6.12. The van der Waals surface area contributed by atoms with Crippen LogP contribution in [0.4, 0.5) is 0 Å². The first kappa shape index (κ1) is 20.3. The largest absolute Gasteiger partial charge is 0.356 e. The standard InChI is InChI=1S/C27H21ClN2O2/c28-22-13-11-21(12-14-22)26-23-15-16-30(18-25(23)29-32-26)27(31)24(20-9-5-2-6-10-20)17-19-7-3-1-4-8-19/h1-14,17H,15-16,18H2/b24-17-. The lowest BCUT2D eigenvalue weighted by Gasteiger charge is -2.27. The van der Waals surface area contributed by atoms with E-state index in [1.165, 1.54) is 0 Å². The molecule has 0 N–H and O–H groups in total. The summed E-state index contributed by atoms with van der Waals surface area (Å²) >= 11 is 6.01. The molecule has 0 unspecified atom stereocenters. The first-order chi connectivity index (χ1) is 15.7. The number of carbonyl (C=O) groups is 1. The van der Waals surface area contributed by atoms with Crippen LogP contribution in [0.25, 0.3) is 23.0 Å². The van der Waals surface area contributed by atoms with Crippen molar-refractivity contribution >= 4 is 29.2 Å². The number of amides is 1. The maximum atomic E-state index is 13.6. The molecular formula is C27H21ClN2O2. The highest BCUT2D eigenvalue weighted by Gasteiger charge is 2.29. The number of hydrogen-bond acceptors (Lipinski definition) is 3. The molecule has 0 saturated heterocycles. The molecule has 4 aromatic rings. The zero-order chi connectivity index (χ0) is 21.9. The molecule has 5 rings (SSSR count). The van der Waals surface area contributed by atoms with Gasteiger partial charge >= 0.3 is 0 Å². The molecule has 0 spiro atoms. The number of benzene rings is 3. The molecule has 5 heteroatoms. The van der Waals surface area contributed by atoms with Gasteiger partial charge < -0.3 is 9.42 Å². The fourth-order valence-corrected chi connectivity index (χ4v) is 4.13. The lowest BCUT2D eigenvalue weighted by atomic mass is 9.98.